The van der Waals surface area contributed by atoms with Crippen molar-refractivity contribution in [2.75, 3.05) is 48.8 Å². The summed E-state index contributed by atoms with van der Waals surface area (Å²) in [6.07, 6.45) is 0. The smallest absolute Gasteiger partial charge is 0.104 e. The SMILES string of the molecule is CC[N+](C)(C)C.C[N+](C)(C)Cc1ccccc1. The van der Waals surface area contributed by atoms with E-state index >= 15 is 0 Å². The van der Waals surface area contributed by atoms with Crippen LogP contribution in [0.15, 0.2) is 30.3 Å². The van der Waals surface area contributed by atoms with Crippen LogP contribution in [0.5, 0.6) is 0 Å². The second kappa shape index (κ2) is 6.77. The summed E-state index contributed by atoms with van der Waals surface area (Å²) in [6.45, 7) is 4.49. The maximum atomic E-state index is 2.20. The molecule has 0 aliphatic heterocycles. The first-order chi connectivity index (χ1) is 7.64. The minimum atomic E-state index is 0.990. The highest BCUT2D eigenvalue weighted by molar-refractivity contribution is 5.13. The molecule has 2 heteroatoms. The minimum absolute atomic E-state index is 0.990. The van der Waals surface area contributed by atoms with Crippen LogP contribution in [0.3, 0.4) is 0 Å². The highest BCUT2D eigenvalue weighted by atomic mass is 15.3. The summed E-state index contributed by atoms with van der Waals surface area (Å²) in [5, 5.41) is 0. The molecule has 0 heterocycles. The molecule has 0 bridgehead atoms. The van der Waals surface area contributed by atoms with Gasteiger partial charge in [-0.3, -0.25) is 0 Å². The zero-order valence-corrected chi connectivity index (χ0v) is 12.7. The summed E-state index contributed by atoms with van der Waals surface area (Å²) in [7, 11) is 13.1. The Balaban J connectivity index is 0.000000366. The van der Waals surface area contributed by atoms with Crippen molar-refractivity contribution in [2.45, 2.75) is 13.5 Å². The summed E-state index contributed by atoms with van der Waals surface area (Å²) in [5.41, 5.74) is 1.40. The molecule has 0 aliphatic rings. The van der Waals surface area contributed by atoms with Gasteiger partial charge in [0.25, 0.3) is 0 Å². The van der Waals surface area contributed by atoms with E-state index in [0.717, 1.165) is 15.5 Å². The standard InChI is InChI=1S/C10H16N.C5H14N/c1-11(2,3)9-10-7-5-4-6-8-10;1-5-6(2,3)4/h4-8H,9H2,1-3H3;5H2,1-4H3/q2*+1. The Morgan fingerprint density at radius 2 is 1.18 bits per heavy atom. The number of quaternary nitrogens is 2. The second-order valence-corrected chi connectivity index (χ2v) is 6.54. The van der Waals surface area contributed by atoms with Gasteiger partial charge in [0.15, 0.2) is 0 Å². The fraction of sp³-hybridized carbons (Fsp3) is 0.600. The van der Waals surface area contributed by atoms with Crippen molar-refractivity contribution in [3.63, 3.8) is 0 Å². The Bertz CT molecular complexity index is 291. The van der Waals surface area contributed by atoms with E-state index in [1.54, 1.807) is 0 Å². The van der Waals surface area contributed by atoms with E-state index in [1.807, 2.05) is 0 Å². The van der Waals surface area contributed by atoms with Crippen LogP contribution < -0.4 is 0 Å². The predicted octanol–water partition coefficient (Wildman–Crippen LogP) is 2.61. The van der Waals surface area contributed by atoms with Gasteiger partial charge in [0.1, 0.15) is 6.54 Å². The second-order valence-electron chi connectivity index (χ2n) is 6.54. The van der Waals surface area contributed by atoms with Crippen LogP contribution in [0, 0.1) is 0 Å². The maximum absolute atomic E-state index is 2.20. The third-order valence-electron chi connectivity index (χ3n) is 2.45. The van der Waals surface area contributed by atoms with Crippen molar-refractivity contribution in [3.8, 4) is 0 Å². The molecule has 0 atom stereocenters. The van der Waals surface area contributed by atoms with Crippen LogP contribution >= 0.6 is 0 Å². The molecule has 0 N–H and O–H groups in total. The van der Waals surface area contributed by atoms with Crippen molar-refractivity contribution < 1.29 is 8.97 Å². The molecular formula is C15H30N2+2. The zero-order chi connectivity index (χ0) is 13.5. The molecule has 0 unspecified atom stereocenters. The van der Waals surface area contributed by atoms with Gasteiger partial charge in [-0.05, 0) is 6.92 Å². The number of benzene rings is 1. The number of rotatable bonds is 3. The Labute approximate surface area is 108 Å². The van der Waals surface area contributed by atoms with Crippen LogP contribution in [-0.2, 0) is 6.54 Å². The summed E-state index contributed by atoms with van der Waals surface area (Å²) in [6, 6.07) is 10.6. The van der Waals surface area contributed by atoms with Gasteiger partial charge in [0.05, 0.1) is 48.8 Å². The Morgan fingerprint density at radius 3 is 1.47 bits per heavy atom. The van der Waals surface area contributed by atoms with Gasteiger partial charge >= 0.3 is 0 Å². The first kappa shape index (κ1) is 16.1. The molecule has 1 aromatic rings. The minimum Gasteiger partial charge on any atom is -0.331 e. The van der Waals surface area contributed by atoms with Crippen LogP contribution in [-0.4, -0.2) is 57.8 Å². The quantitative estimate of drug-likeness (QED) is 0.710. The molecule has 1 aromatic carbocycles. The van der Waals surface area contributed by atoms with Gasteiger partial charge in [-0.1, -0.05) is 30.3 Å². The Kier molecular flexibility index (Phi) is 6.43. The van der Waals surface area contributed by atoms with Crippen molar-refractivity contribution in [3.05, 3.63) is 35.9 Å². The van der Waals surface area contributed by atoms with Crippen molar-refractivity contribution in [2.24, 2.45) is 0 Å². The van der Waals surface area contributed by atoms with Crippen molar-refractivity contribution in [1.29, 1.82) is 0 Å². The first-order valence-corrected chi connectivity index (χ1v) is 6.29. The third-order valence-corrected chi connectivity index (χ3v) is 2.45. The van der Waals surface area contributed by atoms with Gasteiger partial charge < -0.3 is 8.97 Å². The first-order valence-electron chi connectivity index (χ1n) is 6.29. The highest BCUT2D eigenvalue weighted by Crippen LogP contribution is 2.05. The van der Waals surface area contributed by atoms with E-state index in [2.05, 4.69) is 79.5 Å². The monoisotopic (exact) mass is 238 g/mol. The molecule has 2 nitrogen and oxygen atoms in total. The molecular weight excluding hydrogens is 208 g/mol. The summed E-state index contributed by atoms with van der Waals surface area (Å²) >= 11 is 0. The average molecular weight is 238 g/mol. The fourth-order valence-electron chi connectivity index (χ4n) is 1.13. The highest BCUT2D eigenvalue weighted by Gasteiger charge is 2.06. The molecule has 0 amide bonds. The van der Waals surface area contributed by atoms with E-state index in [0.29, 0.717) is 0 Å². The predicted molar refractivity (Wildman–Crippen MR) is 76.8 cm³/mol. The van der Waals surface area contributed by atoms with Gasteiger partial charge in [0.2, 0.25) is 0 Å². The summed E-state index contributed by atoms with van der Waals surface area (Å²) < 4.78 is 2.06. The van der Waals surface area contributed by atoms with Gasteiger partial charge in [-0.2, -0.15) is 0 Å². The largest absolute Gasteiger partial charge is 0.331 e. The third kappa shape index (κ3) is 11.4. The van der Waals surface area contributed by atoms with Gasteiger partial charge in [-0.25, -0.2) is 0 Å². The lowest BCUT2D eigenvalue weighted by Crippen LogP contribution is -2.33. The lowest BCUT2D eigenvalue weighted by Gasteiger charge is -2.23. The zero-order valence-electron chi connectivity index (χ0n) is 12.7. The average Bonchev–Trinajstić information content (AvgIpc) is 2.16. The molecule has 0 fully saturated rings. The summed E-state index contributed by atoms with van der Waals surface area (Å²) in [5.74, 6) is 0. The van der Waals surface area contributed by atoms with E-state index in [4.69, 9.17) is 0 Å². The van der Waals surface area contributed by atoms with E-state index in [1.165, 1.54) is 12.1 Å². The lowest BCUT2D eigenvalue weighted by atomic mass is 10.2. The molecule has 0 aromatic heterocycles. The van der Waals surface area contributed by atoms with Crippen LogP contribution in [0.4, 0.5) is 0 Å². The maximum Gasteiger partial charge on any atom is 0.104 e. The van der Waals surface area contributed by atoms with E-state index in [9.17, 15) is 0 Å². The van der Waals surface area contributed by atoms with Crippen LogP contribution in [0.25, 0.3) is 0 Å². The molecule has 98 valence electrons. The van der Waals surface area contributed by atoms with E-state index in [-0.39, 0.29) is 0 Å². The van der Waals surface area contributed by atoms with E-state index < -0.39 is 0 Å². The van der Waals surface area contributed by atoms with Crippen LogP contribution in [0.2, 0.25) is 0 Å². The molecule has 0 aliphatic carbocycles. The van der Waals surface area contributed by atoms with Crippen molar-refractivity contribution >= 4 is 0 Å². The number of nitrogens with zero attached hydrogens (tertiary/aromatic N) is 2. The lowest BCUT2D eigenvalue weighted by molar-refractivity contribution is -0.884. The van der Waals surface area contributed by atoms with Crippen molar-refractivity contribution in [1.82, 2.24) is 0 Å². The molecule has 0 spiro atoms. The fourth-order valence-corrected chi connectivity index (χ4v) is 1.13. The molecule has 0 saturated carbocycles. The molecule has 1 rings (SSSR count). The number of hydrogen-bond donors (Lipinski definition) is 0. The van der Waals surface area contributed by atoms with Gasteiger partial charge in [0, 0.05) is 5.56 Å². The molecule has 0 saturated heterocycles. The topological polar surface area (TPSA) is 0 Å². The Hall–Kier alpha value is -0.860. The molecule has 17 heavy (non-hydrogen) atoms. The molecule has 0 radical (unpaired) electrons. The summed E-state index contributed by atoms with van der Waals surface area (Å²) in [4.78, 5) is 0. The Morgan fingerprint density at radius 1 is 0.765 bits per heavy atom. The number of hydrogen-bond acceptors (Lipinski definition) is 0. The van der Waals surface area contributed by atoms with Crippen LogP contribution in [0.1, 0.15) is 12.5 Å². The van der Waals surface area contributed by atoms with Gasteiger partial charge in [-0.15, -0.1) is 0 Å². The normalized spacial score (nSPS) is 11.7.